The first-order valence-corrected chi connectivity index (χ1v) is 9.55. The summed E-state index contributed by atoms with van der Waals surface area (Å²) in [5, 5.41) is 0. The molecule has 0 atom stereocenters. The van der Waals surface area contributed by atoms with Crippen LogP contribution < -0.4 is 4.90 Å². The molecular formula is C17H21N5O3S. The summed E-state index contributed by atoms with van der Waals surface area (Å²) >= 11 is 0. The third kappa shape index (κ3) is 3.40. The molecule has 8 nitrogen and oxygen atoms in total. The van der Waals surface area contributed by atoms with E-state index in [1.165, 1.54) is 26.2 Å². The lowest BCUT2D eigenvalue weighted by Crippen LogP contribution is -2.60. The van der Waals surface area contributed by atoms with Crippen molar-refractivity contribution in [3.8, 4) is 0 Å². The minimum absolute atomic E-state index is 0.0784. The number of benzene rings is 1. The van der Waals surface area contributed by atoms with E-state index < -0.39 is 10.0 Å². The Labute approximate surface area is 153 Å². The molecule has 2 heterocycles. The van der Waals surface area contributed by atoms with Gasteiger partial charge < -0.3 is 9.80 Å². The number of nitrogens with zero attached hydrogens (tertiary/aromatic N) is 5. The van der Waals surface area contributed by atoms with Crippen LogP contribution in [0.2, 0.25) is 0 Å². The average Bonchev–Trinajstić information content (AvgIpc) is 2.60. The fourth-order valence-corrected chi connectivity index (χ4v) is 3.59. The van der Waals surface area contributed by atoms with Crippen LogP contribution in [0.15, 0.2) is 47.8 Å². The molecule has 1 aliphatic heterocycles. The third-order valence-corrected chi connectivity index (χ3v) is 6.31. The number of likely N-dealkylation sites (N-methyl/N-ethyl adjacent to an activating group) is 1. The van der Waals surface area contributed by atoms with Crippen LogP contribution in [0.4, 0.5) is 5.82 Å². The van der Waals surface area contributed by atoms with Crippen LogP contribution in [0.25, 0.3) is 0 Å². The SMILES string of the molecule is CN(C(=O)c1ccc(S(=O)(=O)N(C)C)cc1)C1CN(c2cnccn2)C1. The number of aromatic nitrogens is 2. The van der Waals surface area contributed by atoms with Gasteiger partial charge in [-0.1, -0.05) is 0 Å². The summed E-state index contributed by atoms with van der Waals surface area (Å²) in [7, 11) is 1.20. The quantitative estimate of drug-likeness (QED) is 0.764. The van der Waals surface area contributed by atoms with Gasteiger partial charge in [0.2, 0.25) is 10.0 Å². The molecule has 2 aromatic rings. The van der Waals surface area contributed by atoms with E-state index >= 15 is 0 Å². The summed E-state index contributed by atoms with van der Waals surface area (Å²) < 4.78 is 25.3. The monoisotopic (exact) mass is 375 g/mol. The largest absolute Gasteiger partial charge is 0.351 e. The van der Waals surface area contributed by atoms with Gasteiger partial charge >= 0.3 is 0 Å². The topological polar surface area (TPSA) is 86.7 Å². The predicted octanol–water partition coefficient (Wildman–Crippen LogP) is 0.688. The Morgan fingerprint density at radius 1 is 1.12 bits per heavy atom. The predicted molar refractivity (Wildman–Crippen MR) is 97.4 cm³/mol. The maximum absolute atomic E-state index is 12.6. The highest BCUT2D eigenvalue weighted by Crippen LogP contribution is 2.22. The minimum Gasteiger partial charge on any atom is -0.351 e. The first-order chi connectivity index (χ1) is 12.3. The lowest BCUT2D eigenvalue weighted by atomic mass is 10.1. The highest BCUT2D eigenvalue weighted by molar-refractivity contribution is 7.89. The second-order valence-electron chi connectivity index (χ2n) is 6.35. The number of rotatable bonds is 5. The highest BCUT2D eigenvalue weighted by atomic mass is 32.2. The van der Waals surface area contributed by atoms with E-state index in [4.69, 9.17) is 0 Å². The van der Waals surface area contributed by atoms with Gasteiger partial charge in [-0.3, -0.25) is 9.78 Å². The fraction of sp³-hybridized carbons (Fsp3) is 0.353. The Morgan fingerprint density at radius 2 is 1.77 bits per heavy atom. The summed E-state index contributed by atoms with van der Waals surface area (Å²) in [5.41, 5.74) is 0.461. The third-order valence-electron chi connectivity index (χ3n) is 4.48. The zero-order chi connectivity index (χ0) is 18.9. The van der Waals surface area contributed by atoms with Crippen LogP contribution in [0, 0.1) is 0 Å². The van der Waals surface area contributed by atoms with E-state index in [2.05, 4.69) is 9.97 Å². The van der Waals surface area contributed by atoms with Gasteiger partial charge in [0, 0.05) is 52.2 Å². The van der Waals surface area contributed by atoms with Crippen molar-refractivity contribution in [2.45, 2.75) is 10.9 Å². The Balaban J connectivity index is 1.65. The molecular weight excluding hydrogens is 354 g/mol. The van der Waals surface area contributed by atoms with Crippen molar-refractivity contribution in [3.63, 3.8) is 0 Å². The first-order valence-electron chi connectivity index (χ1n) is 8.11. The average molecular weight is 375 g/mol. The lowest BCUT2D eigenvalue weighted by molar-refractivity contribution is 0.0705. The van der Waals surface area contributed by atoms with Crippen LogP contribution in [-0.4, -0.2) is 73.8 Å². The van der Waals surface area contributed by atoms with Crippen LogP contribution in [0.3, 0.4) is 0 Å². The second-order valence-corrected chi connectivity index (χ2v) is 8.50. The molecule has 1 amide bonds. The molecule has 26 heavy (non-hydrogen) atoms. The van der Waals surface area contributed by atoms with Crippen LogP contribution >= 0.6 is 0 Å². The Hall–Kier alpha value is -2.52. The van der Waals surface area contributed by atoms with Crippen molar-refractivity contribution in [2.24, 2.45) is 0 Å². The summed E-state index contributed by atoms with van der Waals surface area (Å²) in [6, 6.07) is 6.10. The molecule has 0 unspecified atom stereocenters. The summed E-state index contributed by atoms with van der Waals surface area (Å²) in [5.74, 6) is 0.658. The number of hydrogen-bond donors (Lipinski definition) is 0. The molecule has 9 heteroatoms. The van der Waals surface area contributed by atoms with Crippen molar-refractivity contribution in [2.75, 3.05) is 39.1 Å². The van der Waals surface area contributed by atoms with Crippen LogP contribution in [0.5, 0.6) is 0 Å². The van der Waals surface area contributed by atoms with E-state index in [0.29, 0.717) is 18.7 Å². The maximum atomic E-state index is 12.6. The van der Waals surface area contributed by atoms with Gasteiger partial charge in [0.25, 0.3) is 5.91 Å². The first kappa shape index (κ1) is 18.3. The molecule has 0 radical (unpaired) electrons. The second kappa shape index (κ2) is 7.00. The van der Waals surface area contributed by atoms with E-state index in [9.17, 15) is 13.2 Å². The van der Waals surface area contributed by atoms with Gasteiger partial charge in [-0.2, -0.15) is 0 Å². The Bertz CT molecular complexity index is 878. The molecule has 3 rings (SSSR count). The molecule has 0 N–H and O–H groups in total. The van der Waals surface area contributed by atoms with Crippen molar-refractivity contribution in [1.82, 2.24) is 19.2 Å². The number of hydrogen-bond acceptors (Lipinski definition) is 6. The standard InChI is InChI=1S/C17H21N5O3S/c1-20(2)26(24,25)15-6-4-13(5-7-15)17(23)21(3)14-11-22(12-14)16-10-18-8-9-19-16/h4-10,14H,11-12H2,1-3H3. The number of carbonyl (C=O) groups excluding carboxylic acids is 1. The smallest absolute Gasteiger partial charge is 0.253 e. The summed E-state index contributed by atoms with van der Waals surface area (Å²) in [4.78, 5) is 24.8. The molecule has 0 spiro atoms. The zero-order valence-electron chi connectivity index (χ0n) is 14.9. The number of anilines is 1. The van der Waals surface area contributed by atoms with Gasteiger partial charge in [0.05, 0.1) is 17.1 Å². The van der Waals surface area contributed by atoms with Crippen LogP contribution in [0.1, 0.15) is 10.4 Å². The van der Waals surface area contributed by atoms with Crippen molar-refractivity contribution in [1.29, 1.82) is 0 Å². The highest BCUT2D eigenvalue weighted by Gasteiger charge is 2.33. The van der Waals surface area contributed by atoms with E-state index in [1.54, 1.807) is 42.7 Å². The van der Waals surface area contributed by atoms with E-state index in [1.807, 2.05) is 4.90 Å². The molecule has 0 aliphatic carbocycles. The van der Waals surface area contributed by atoms with Gasteiger partial charge in [0.15, 0.2) is 0 Å². The summed E-state index contributed by atoms with van der Waals surface area (Å²) in [6.07, 6.45) is 4.96. The van der Waals surface area contributed by atoms with E-state index in [-0.39, 0.29) is 16.8 Å². The van der Waals surface area contributed by atoms with Crippen molar-refractivity contribution >= 4 is 21.7 Å². The summed E-state index contributed by atoms with van der Waals surface area (Å²) in [6.45, 7) is 1.38. The zero-order valence-corrected chi connectivity index (χ0v) is 15.7. The normalized spacial score (nSPS) is 15.0. The molecule has 1 aliphatic rings. The minimum atomic E-state index is -3.50. The van der Waals surface area contributed by atoms with Gasteiger partial charge in [-0.05, 0) is 24.3 Å². The number of carbonyl (C=O) groups is 1. The number of sulfonamides is 1. The fourth-order valence-electron chi connectivity index (χ4n) is 2.69. The van der Waals surface area contributed by atoms with Gasteiger partial charge in [-0.25, -0.2) is 17.7 Å². The molecule has 1 saturated heterocycles. The molecule has 0 bridgehead atoms. The van der Waals surface area contributed by atoms with Gasteiger partial charge in [-0.15, -0.1) is 0 Å². The Morgan fingerprint density at radius 3 is 2.31 bits per heavy atom. The number of amides is 1. The molecule has 1 aromatic carbocycles. The molecule has 0 saturated carbocycles. The lowest BCUT2D eigenvalue weighted by Gasteiger charge is -2.44. The van der Waals surface area contributed by atoms with Gasteiger partial charge in [0.1, 0.15) is 5.82 Å². The Kier molecular flexibility index (Phi) is 4.92. The molecule has 1 aromatic heterocycles. The van der Waals surface area contributed by atoms with Crippen LogP contribution in [-0.2, 0) is 10.0 Å². The van der Waals surface area contributed by atoms with Crippen molar-refractivity contribution < 1.29 is 13.2 Å². The van der Waals surface area contributed by atoms with E-state index in [0.717, 1.165) is 10.1 Å². The van der Waals surface area contributed by atoms with Crippen molar-refractivity contribution in [3.05, 3.63) is 48.4 Å². The molecule has 138 valence electrons. The molecule has 1 fully saturated rings. The maximum Gasteiger partial charge on any atom is 0.253 e.